The number of rotatable bonds is 10. The molecule has 2 atom stereocenters. The van der Waals surface area contributed by atoms with Crippen molar-refractivity contribution in [1.82, 2.24) is 25.0 Å². The summed E-state index contributed by atoms with van der Waals surface area (Å²) in [7, 11) is 3.55. The Bertz CT molecular complexity index is 1770. The van der Waals surface area contributed by atoms with Crippen molar-refractivity contribution >= 4 is 28.5 Å². The van der Waals surface area contributed by atoms with Gasteiger partial charge in [-0.25, -0.2) is 19.6 Å². The number of benzene rings is 2. The number of hydrogen-bond acceptors (Lipinski definition) is 9. The largest absolute Gasteiger partial charge is 0.443 e. The van der Waals surface area contributed by atoms with E-state index in [0.29, 0.717) is 17.9 Å². The van der Waals surface area contributed by atoms with Crippen LogP contribution in [0.15, 0.2) is 74.5 Å². The van der Waals surface area contributed by atoms with E-state index in [2.05, 4.69) is 25.0 Å². The van der Waals surface area contributed by atoms with Crippen LogP contribution in [0, 0.1) is 18.8 Å². The number of nitrogens with zero attached hydrogens (tertiary/aromatic N) is 4. The first-order chi connectivity index (χ1) is 20.1. The predicted octanol–water partition coefficient (Wildman–Crippen LogP) is 4.08. The molecule has 0 fully saturated rings. The van der Waals surface area contributed by atoms with Gasteiger partial charge in [0.25, 0.3) is 0 Å². The summed E-state index contributed by atoms with van der Waals surface area (Å²) >= 11 is 0. The smallest absolute Gasteiger partial charge is 0.439 e. The number of carbonyl (C=O) groups excluding carboxylic acids is 2. The second-order valence-corrected chi connectivity index (χ2v) is 10.4. The molecule has 5 rings (SSSR count). The molecule has 0 aliphatic rings. The summed E-state index contributed by atoms with van der Waals surface area (Å²) in [5.41, 5.74) is 2.90. The quantitative estimate of drug-likeness (QED) is 0.186. The fourth-order valence-electron chi connectivity index (χ4n) is 4.95. The van der Waals surface area contributed by atoms with Crippen molar-refractivity contribution < 1.29 is 23.4 Å². The first-order valence-corrected chi connectivity index (χ1v) is 13.5. The first-order valence-electron chi connectivity index (χ1n) is 13.5. The molecule has 2 N–H and O–H groups in total. The molecule has 218 valence electrons. The number of carbonyl (C=O) groups is 2. The summed E-state index contributed by atoms with van der Waals surface area (Å²) in [6.45, 7) is 5.23. The van der Waals surface area contributed by atoms with Crippen molar-refractivity contribution in [1.29, 1.82) is 0 Å². The van der Waals surface area contributed by atoms with Crippen molar-refractivity contribution in [2.75, 3.05) is 12.1 Å². The van der Waals surface area contributed by atoms with Gasteiger partial charge in [0.1, 0.15) is 17.7 Å². The average molecular weight is 573 g/mol. The molecule has 12 nitrogen and oxygen atoms in total. The Morgan fingerprint density at radius 2 is 1.83 bits per heavy atom. The zero-order valence-electron chi connectivity index (χ0n) is 24.0. The number of nitrogens with one attached hydrogen (secondary N) is 2. The van der Waals surface area contributed by atoms with Crippen LogP contribution in [0.2, 0.25) is 0 Å². The number of hydroxylamine groups is 1. The normalized spacial score (nSPS) is 12.8. The standard InChI is InChI=1S/C30H32N6O6/c1-17(2)24(29(38)42-36(5)20-11-7-6-8-12-20)27(37)31-22(15-19-16-35(4)23-14-10-9-13-21(19)23)28-32-25(18(3)40-28)26-33-30(39)41-34-26/h6-14,16-17,22,24H,15H2,1-5H3,(H,31,37)(H,33,34,39)/t22-,24+/m1/s1. The zero-order valence-corrected chi connectivity index (χ0v) is 24.0. The van der Waals surface area contributed by atoms with E-state index >= 15 is 0 Å². The molecule has 0 unspecified atom stereocenters. The number of aromatic amines is 1. The van der Waals surface area contributed by atoms with Crippen LogP contribution in [-0.2, 0) is 27.9 Å². The van der Waals surface area contributed by atoms with Gasteiger partial charge in [0, 0.05) is 37.6 Å². The molecule has 0 saturated heterocycles. The van der Waals surface area contributed by atoms with Crippen molar-refractivity contribution in [2.45, 2.75) is 33.2 Å². The highest BCUT2D eigenvalue weighted by Crippen LogP contribution is 2.29. The van der Waals surface area contributed by atoms with E-state index in [9.17, 15) is 14.4 Å². The third-order valence-electron chi connectivity index (χ3n) is 7.05. The van der Waals surface area contributed by atoms with Gasteiger partial charge in [-0.15, -0.1) is 0 Å². The topological polar surface area (TPSA) is 148 Å². The molecule has 2 aromatic carbocycles. The van der Waals surface area contributed by atoms with E-state index in [-0.39, 0.29) is 23.3 Å². The summed E-state index contributed by atoms with van der Waals surface area (Å²) < 4.78 is 12.6. The Morgan fingerprint density at radius 3 is 2.52 bits per heavy atom. The monoisotopic (exact) mass is 572 g/mol. The second-order valence-electron chi connectivity index (χ2n) is 10.4. The van der Waals surface area contributed by atoms with Gasteiger partial charge in [-0.1, -0.05) is 55.4 Å². The van der Waals surface area contributed by atoms with Crippen LogP contribution in [0.25, 0.3) is 22.4 Å². The Hall–Kier alpha value is -5.13. The Kier molecular flexibility index (Phi) is 7.96. The van der Waals surface area contributed by atoms with E-state index < -0.39 is 29.6 Å². The number of amides is 1. The van der Waals surface area contributed by atoms with Gasteiger partial charge in [0.2, 0.25) is 17.6 Å². The van der Waals surface area contributed by atoms with Gasteiger partial charge < -0.3 is 19.1 Å². The number of para-hydroxylation sites is 2. The van der Waals surface area contributed by atoms with E-state index in [0.717, 1.165) is 16.5 Å². The minimum Gasteiger partial charge on any atom is -0.443 e. The van der Waals surface area contributed by atoms with Gasteiger partial charge >= 0.3 is 11.7 Å². The second kappa shape index (κ2) is 11.8. The first kappa shape index (κ1) is 28.4. The van der Waals surface area contributed by atoms with E-state index in [1.54, 1.807) is 40.0 Å². The number of aromatic nitrogens is 4. The number of anilines is 1. The summed E-state index contributed by atoms with van der Waals surface area (Å²) in [4.78, 5) is 51.2. The maximum Gasteiger partial charge on any atom is 0.439 e. The van der Waals surface area contributed by atoms with E-state index in [1.165, 1.54) is 5.06 Å². The lowest BCUT2D eigenvalue weighted by molar-refractivity contribution is -0.155. The fraction of sp³-hybridized carbons (Fsp3) is 0.300. The zero-order chi connectivity index (χ0) is 30.0. The van der Waals surface area contributed by atoms with E-state index in [4.69, 9.17) is 9.25 Å². The predicted molar refractivity (Wildman–Crippen MR) is 154 cm³/mol. The van der Waals surface area contributed by atoms with Crippen molar-refractivity contribution in [3.63, 3.8) is 0 Å². The molecule has 0 bridgehead atoms. The summed E-state index contributed by atoms with van der Waals surface area (Å²) in [6.07, 6.45) is 2.30. The highest BCUT2D eigenvalue weighted by molar-refractivity contribution is 5.98. The lowest BCUT2D eigenvalue weighted by Crippen LogP contribution is -2.43. The molecule has 0 radical (unpaired) electrons. The molecular weight excluding hydrogens is 540 g/mol. The third-order valence-corrected chi connectivity index (χ3v) is 7.05. The van der Waals surface area contributed by atoms with Crippen LogP contribution < -0.4 is 16.1 Å². The van der Waals surface area contributed by atoms with E-state index in [1.807, 2.05) is 60.3 Å². The molecule has 3 heterocycles. The molecule has 0 aliphatic carbocycles. The number of H-pyrrole nitrogens is 1. The van der Waals surface area contributed by atoms with Gasteiger partial charge in [-0.3, -0.25) is 14.3 Å². The van der Waals surface area contributed by atoms with Crippen LogP contribution in [-0.4, -0.2) is 38.6 Å². The minimum absolute atomic E-state index is 0.107. The third kappa shape index (κ3) is 5.82. The summed E-state index contributed by atoms with van der Waals surface area (Å²) in [5, 5.41) is 9.04. The summed E-state index contributed by atoms with van der Waals surface area (Å²) in [6, 6.07) is 16.2. The number of aryl methyl sites for hydroxylation is 2. The van der Waals surface area contributed by atoms with Gasteiger partial charge in [-0.2, -0.15) is 0 Å². The lowest BCUT2D eigenvalue weighted by Gasteiger charge is -2.25. The SMILES string of the molecule is Cc1oc([C@@H](Cc2cn(C)c3ccccc23)NC(=O)[C@@H](C(=O)ON(C)c2ccccc2)C(C)C)nc1-c1noc(=O)[nH]1. The van der Waals surface area contributed by atoms with Gasteiger partial charge in [-0.05, 0) is 36.6 Å². The molecule has 42 heavy (non-hydrogen) atoms. The molecule has 12 heteroatoms. The van der Waals surface area contributed by atoms with Crippen molar-refractivity contribution in [2.24, 2.45) is 18.9 Å². The van der Waals surface area contributed by atoms with Crippen LogP contribution in [0.5, 0.6) is 0 Å². The Labute approximate surface area is 241 Å². The Balaban J connectivity index is 1.46. The molecule has 0 aliphatic heterocycles. The Morgan fingerprint density at radius 1 is 1.12 bits per heavy atom. The van der Waals surface area contributed by atoms with Gasteiger partial charge in [0.15, 0.2) is 5.69 Å². The molecule has 0 spiro atoms. The van der Waals surface area contributed by atoms with Crippen LogP contribution >= 0.6 is 0 Å². The fourth-order valence-corrected chi connectivity index (χ4v) is 4.95. The molecule has 1 amide bonds. The van der Waals surface area contributed by atoms with Crippen LogP contribution in [0.3, 0.4) is 0 Å². The minimum atomic E-state index is -1.12. The maximum atomic E-state index is 13.8. The van der Waals surface area contributed by atoms with Crippen LogP contribution in [0.1, 0.15) is 37.1 Å². The van der Waals surface area contributed by atoms with Gasteiger partial charge in [0.05, 0.1) is 5.69 Å². The summed E-state index contributed by atoms with van der Waals surface area (Å²) in [5.74, 6) is -2.78. The highest BCUT2D eigenvalue weighted by Gasteiger charge is 2.36. The molecule has 5 aromatic rings. The average Bonchev–Trinajstić information content (AvgIpc) is 3.65. The highest BCUT2D eigenvalue weighted by atomic mass is 16.7. The number of fused-ring (bicyclic) bond motifs is 1. The maximum absolute atomic E-state index is 13.8. The lowest BCUT2D eigenvalue weighted by atomic mass is 9.94. The molecular formula is C30H32N6O6. The number of hydrogen-bond donors (Lipinski definition) is 2. The van der Waals surface area contributed by atoms with Crippen LogP contribution in [0.4, 0.5) is 5.69 Å². The van der Waals surface area contributed by atoms with Crippen molar-refractivity contribution in [3.05, 3.63) is 88.6 Å². The van der Waals surface area contributed by atoms with Crippen molar-refractivity contribution in [3.8, 4) is 11.5 Å². The molecule has 0 saturated carbocycles. The molecule has 3 aromatic heterocycles. The number of oxazole rings is 1.